The van der Waals surface area contributed by atoms with Gasteiger partial charge in [0.15, 0.2) is 0 Å². The zero-order valence-corrected chi connectivity index (χ0v) is 14.4. The maximum absolute atomic E-state index is 6.46. The molecule has 112 valence electrons. The van der Waals surface area contributed by atoms with Crippen molar-refractivity contribution < 1.29 is 0 Å². The average Bonchev–Trinajstić information content (AvgIpc) is 2.40. The van der Waals surface area contributed by atoms with Crippen molar-refractivity contribution >= 4 is 15.9 Å². The molecular weight excluding hydrogens is 312 g/mol. The van der Waals surface area contributed by atoms with Crippen molar-refractivity contribution in [2.75, 3.05) is 13.1 Å². The normalized spacial score (nSPS) is 27.2. The molecule has 0 aromatic heterocycles. The zero-order chi connectivity index (χ0) is 14.7. The summed E-state index contributed by atoms with van der Waals surface area (Å²) in [5.74, 6) is 1.53. The third kappa shape index (κ3) is 3.84. The summed E-state index contributed by atoms with van der Waals surface area (Å²) in [5, 5.41) is 0. The van der Waals surface area contributed by atoms with Gasteiger partial charge in [-0.05, 0) is 42.4 Å². The van der Waals surface area contributed by atoms with Gasteiger partial charge in [-0.1, -0.05) is 48.8 Å². The van der Waals surface area contributed by atoms with Crippen molar-refractivity contribution in [2.45, 2.75) is 45.7 Å². The lowest BCUT2D eigenvalue weighted by atomic mass is 9.87. The fourth-order valence-electron chi connectivity index (χ4n) is 3.55. The van der Waals surface area contributed by atoms with Crippen molar-refractivity contribution in [2.24, 2.45) is 17.6 Å². The Hall–Kier alpha value is -0.380. The van der Waals surface area contributed by atoms with Crippen LogP contribution < -0.4 is 5.73 Å². The first-order valence-corrected chi connectivity index (χ1v) is 8.55. The van der Waals surface area contributed by atoms with Gasteiger partial charge in [0.05, 0.1) is 0 Å². The molecule has 0 radical (unpaired) electrons. The monoisotopic (exact) mass is 338 g/mol. The molecule has 0 amide bonds. The van der Waals surface area contributed by atoms with Crippen LogP contribution in [0.2, 0.25) is 0 Å². The highest BCUT2D eigenvalue weighted by Gasteiger charge is 2.31. The van der Waals surface area contributed by atoms with Crippen LogP contribution in [0.25, 0.3) is 0 Å². The number of nitrogens with zero attached hydrogens (tertiary/aromatic N) is 1. The Balaban J connectivity index is 2.25. The lowest BCUT2D eigenvalue weighted by Gasteiger charge is -2.42. The van der Waals surface area contributed by atoms with Crippen LogP contribution in [0.5, 0.6) is 0 Å². The van der Waals surface area contributed by atoms with Crippen LogP contribution in [0.15, 0.2) is 28.7 Å². The largest absolute Gasteiger partial charge is 0.326 e. The van der Waals surface area contributed by atoms with Crippen LogP contribution >= 0.6 is 15.9 Å². The minimum atomic E-state index is 0.202. The second-order valence-electron chi connectivity index (χ2n) is 6.47. The van der Waals surface area contributed by atoms with Gasteiger partial charge in [-0.25, -0.2) is 0 Å². The highest BCUT2D eigenvalue weighted by Crippen LogP contribution is 2.32. The van der Waals surface area contributed by atoms with E-state index in [0.29, 0.717) is 6.04 Å². The van der Waals surface area contributed by atoms with Crippen molar-refractivity contribution in [3.05, 3.63) is 34.3 Å². The van der Waals surface area contributed by atoms with Crippen LogP contribution in [-0.4, -0.2) is 24.0 Å². The third-order valence-electron chi connectivity index (χ3n) is 4.38. The van der Waals surface area contributed by atoms with Gasteiger partial charge < -0.3 is 5.73 Å². The first-order valence-electron chi connectivity index (χ1n) is 7.76. The Morgan fingerprint density at radius 2 is 1.75 bits per heavy atom. The smallest absolute Gasteiger partial charge is 0.0499 e. The molecule has 1 heterocycles. The summed E-state index contributed by atoms with van der Waals surface area (Å²) in [6.45, 7) is 9.24. The fourth-order valence-corrected chi connectivity index (χ4v) is 3.81. The van der Waals surface area contributed by atoms with E-state index < -0.39 is 0 Å². The first kappa shape index (κ1) is 16.0. The number of piperidine rings is 1. The topological polar surface area (TPSA) is 29.3 Å². The number of rotatable bonds is 4. The molecule has 20 heavy (non-hydrogen) atoms. The molecule has 4 atom stereocenters. The Bertz CT molecular complexity index is 408. The second kappa shape index (κ2) is 7.06. The highest BCUT2D eigenvalue weighted by molar-refractivity contribution is 9.10. The van der Waals surface area contributed by atoms with Crippen LogP contribution in [-0.2, 0) is 0 Å². The van der Waals surface area contributed by atoms with E-state index in [0.717, 1.165) is 22.7 Å². The molecule has 0 aliphatic carbocycles. The van der Waals surface area contributed by atoms with Gasteiger partial charge in [0, 0.05) is 29.6 Å². The van der Waals surface area contributed by atoms with E-state index in [4.69, 9.17) is 5.73 Å². The number of halogens is 1. The van der Waals surface area contributed by atoms with Crippen molar-refractivity contribution in [3.63, 3.8) is 0 Å². The number of likely N-dealkylation sites (tertiary alicyclic amines) is 1. The molecule has 0 saturated carbocycles. The van der Waals surface area contributed by atoms with Gasteiger partial charge in [0.2, 0.25) is 0 Å². The third-order valence-corrected chi connectivity index (χ3v) is 4.91. The van der Waals surface area contributed by atoms with Crippen LogP contribution in [0.4, 0.5) is 0 Å². The molecule has 2 nitrogen and oxygen atoms in total. The standard InChI is InChI=1S/C17H27BrN2/c1-4-16(19)17(14-5-7-15(18)8-6-14)20-10-12(2)9-13(3)11-20/h5-8,12-13,16-17H,4,9-11,19H2,1-3H3. The minimum absolute atomic E-state index is 0.202. The number of nitrogens with two attached hydrogens (primary N) is 1. The van der Waals surface area contributed by atoms with E-state index in [1.165, 1.54) is 25.1 Å². The summed E-state index contributed by atoms with van der Waals surface area (Å²) >= 11 is 3.52. The van der Waals surface area contributed by atoms with Crippen molar-refractivity contribution in [1.82, 2.24) is 4.90 Å². The Morgan fingerprint density at radius 3 is 2.25 bits per heavy atom. The quantitative estimate of drug-likeness (QED) is 0.891. The predicted molar refractivity (Wildman–Crippen MR) is 89.7 cm³/mol. The molecule has 1 fully saturated rings. The summed E-state index contributed by atoms with van der Waals surface area (Å²) in [5.41, 5.74) is 7.81. The summed E-state index contributed by atoms with van der Waals surface area (Å²) in [4.78, 5) is 2.61. The number of benzene rings is 1. The molecule has 1 saturated heterocycles. The summed E-state index contributed by atoms with van der Waals surface area (Å²) in [6, 6.07) is 9.23. The van der Waals surface area contributed by atoms with Crippen molar-refractivity contribution in [3.8, 4) is 0 Å². The predicted octanol–water partition coefficient (Wildman–Crippen LogP) is 4.21. The molecular formula is C17H27BrN2. The Morgan fingerprint density at radius 1 is 1.20 bits per heavy atom. The van der Waals surface area contributed by atoms with Crippen molar-refractivity contribution in [1.29, 1.82) is 0 Å². The van der Waals surface area contributed by atoms with E-state index in [-0.39, 0.29) is 6.04 Å². The van der Waals surface area contributed by atoms with E-state index in [9.17, 15) is 0 Å². The van der Waals surface area contributed by atoms with E-state index >= 15 is 0 Å². The maximum Gasteiger partial charge on any atom is 0.0499 e. The molecule has 0 spiro atoms. The molecule has 3 heteroatoms. The average molecular weight is 339 g/mol. The highest BCUT2D eigenvalue weighted by atomic mass is 79.9. The van der Waals surface area contributed by atoms with Gasteiger partial charge in [0.25, 0.3) is 0 Å². The van der Waals surface area contributed by atoms with E-state index in [1.54, 1.807) is 0 Å². The molecule has 1 aromatic carbocycles. The summed E-state index contributed by atoms with van der Waals surface area (Å²) in [7, 11) is 0. The van der Waals surface area contributed by atoms with Gasteiger partial charge in [-0.3, -0.25) is 4.90 Å². The lowest BCUT2D eigenvalue weighted by Crippen LogP contribution is -2.47. The first-order chi connectivity index (χ1) is 9.51. The number of hydrogen-bond donors (Lipinski definition) is 1. The zero-order valence-electron chi connectivity index (χ0n) is 12.8. The maximum atomic E-state index is 6.46. The molecule has 2 N–H and O–H groups in total. The molecule has 0 bridgehead atoms. The molecule has 1 aliphatic heterocycles. The molecule has 1 aromatic rings. The SMILES string of the molecule is CCC(N)C(c1ccc(Br)cc1)N1CC(C)CC(C)C1. The van der Waals surface area contributed by atoms with Gasteiger partial charge in [-0.2, -0.15) is 0 Å². The van der Waals surface area contributed by atoms with Crippen LogP contribution in [0.1, 0.15) is 45.2 Å². The minimum Gasteiger partial charge on any atom is -0.326 e. The molecule has 4 unspecified atom stereocenters. The van der Waals surface area contributed by atoms with Gasteiger partial charge in [-0.15, -0.1) is 0 Å². The second-order valence-corrected chi connectivity index (χ2v) is 7.38. The summed E-state index contributed by atoms with van der Waals surface area (Å²) in [6.07, 6.45) is 2.35. The van der Waals surface area contributed by atoms with Crippen LogP contribution in [0, 0.1) is 11.8 Å². The molecule has 2 rings (SSSR count). The van der Waals surface area contributed by atoms with E-state index in [2.05, 4.69) is 65.9 Å². The van der Waals surface area contributed by atoms with E-state index in [1.807, 2.05) is 0 Å². The number of hydrogen-bond acceptors (Lipinski definition) is 2. The van der Waals surface area contributed by atoms with Crippen LogP contribution in [0.3, 0.4) is 0 Å². The Labute approximate surface area is 131 Å². The van der Waals surface area contributed by atoms with Gasteiger partial charge >= 0.3 is 0 Å². The molecule has 1 aliphatic rings. The Kier molecular flexibility index (Phi) is 5.65. The fraction of sp³-hybridized carbons (Fsp3) is 0.647. The van der Waals surface area contributed by atoms with Gasteiger partial charge in [0.1, 0.15) is 0 Å². The lowest BCUT2D eigenvalue weighted by molar-refractivity contribution is 0.0810. The summed E-state index contributed by atoms with van der Waals surface area (Å²) < 4.78 is 1.13.